The van der Waals surface area contributed by atoms with Gasteiger partial charge in [-0.1, -0.05) is 44.2 Å². The van der Waals surface area contributed by atoms with Gasteiger partial charge in [0.05, 0.1) is 37.5 Å². The molecule has 35 heavy (non-hydrogen) atoms. The molecule has 0 radical (unpaired) electrons. The second-order valence-electron chi connectivity index (χ2n) is 9.04. The van der Waals surface area contributed by atoms with Crippen molar-refractivity contribution < 1.29 is 27.8 Å². The molecular weight excluding hydrogens is 470 g/mol. The maximum atomic E-state index is 13.5. The van der Waals surface area contributed by atoms with Crippen molar-refractivity contribution in [1.82, 2.24) is 14.9 Å². The number of rotatable bonds is 12. The Morgan fingerprint density at radius 3 is 2.43 bits per heavy atom. The zero-order chi connectivity index (χ0) is 25.4. The molecule has 2 aromatic rings. The van der Waals surface area contributed by atoms with Crippen molar-refractivity contribution in [3.8, 4) is 5.75 Å². The zero-order valence-corrected chi connectivity index (χ0v) is 21.2. The molecule has 0 aromatic heterocycles. The van der Waals surface area contributed by atoms with Gasteiger partial charge in [-0.2, -0.15) is 4.31 Å². The Labute approximate surface area is 207 Å². The Morgan fingerprint density at radius 1 is 1.17 bits per heavy atom. The van der Waals surface area contributed by atoms with E-state index in [-0.39, 0.29) is 43.1 Å². The van der Waals surface area contributed by atoms with Crippen molar-refractivity contribution in [2.24, 2.45) is 5.92 Å². The fraction of sp³-hybridized carbons (Fsp3) is 0.480. The standard InChI is InChI=1S/C25H35N3O6S/c1-18(2)14-28(35(31,32)21-11-9-20(33-3)10-12-21)15-24(29)22(13-19-7-5-4-6-8-19)27-25(30)23-16-34-17-26-23/h4-12,18,22-24,26,29H,13-17H2,1-3H3,(H,27,30)/t22?,23-,24?/m0/s1. The highest BCUT2D eigenvalue weighted by Crippen LogP contribution is 2.21. The van der Waals surface area contributed by atoms with Gasteiger partial charge in [0.15, 0.2) is 0 Å². The van der Waals surface area contributed by atoms with Crippen molar-refractivity contribution in [3.63, 3.8) is 0 Å². The monoisotopic (exact) mass is 505 g/mol. The molecule has 1 heterocycles. The van der Waals surface area contributed by atoms with Crippen molar-refractivity contribution in [3.05, 3.63) is 60.2 Å². The molecule has 10 heteroatoms. The number of methoxy groups -OCH3 is 1. The molecule has 1 saturated heterocycles. The number of benzene rings is 2. The second kappa shape index (κ2) is 12.5. The second-order valence-corrected chi connectivity index (χ2v) is 11.0. The van der Waals surface area contributed by atoms with E-state index >= 15 is 0 Å². The average molecular weight is 506 g/mol. The lowest BCUT2D eigenvalue weighted by Gasteiger charge is -2.31. The number of aliphatic hydroxyl groups excluding tert-OH is 1. The fourth-order valence-electron chi connectivity index (χ4n) is 3.91. The number of nitrogens with one attached hydrogen (secondary N) is 2. The summed E-state index contributed by atoms with van der Waals surface area (Å²) in [6.45, 7) is 4.40. The molecule has 0 spiro atoms. The Hall–Kier alpha value is -2.50. The van der Waals surface area contributed by atoms with Crippen LogP contribution in [0.5, 0.6) is 5.75 Å². The largest absolute Gasteiger partial charge is 0.497 e. The van der Waals surface area contributed by atoms with Crippen LogP contribution in [0.4, 0.5) is 0 Å². The third-order valence-electron chi connectivity index (χ3n) is 5.78. The third kappa shape index (κ3) is 7.49. The van der Waals surface area contributed by atoms with Crippen LogP contribution in [0.25, 0.3) is 0 Å². The number of hydrogen-bond acceptors (Lipinski definition) is 7. The van der Waals surface area contributed by atoms with E-state index in [4.69, 9.17) is 9.47 Å². The molecule has 2 unspecified atom stereocenters. The minimum absolute atomic E-state index is 0.0252. The predicted octanol–water partition coefficient (Wildman–Crippen LogP) is 1.38. The zero-order valence-electron chi connectivity index (χ0n) is 20.4. The van der Waals surface area contributed by atoms with Crippen molar-refractivity contribution in [2.45, 2.75) is 43.4 Å². The average Bonchev–Trinajstić information content (AvgIpc) is 3.39. The molecule has 9 nitrogen and oxygen atoms in total. The van der Waals surface area contributed by atoms with Gasteiger partial charge < -0.3 is 19.9 Å². The molecule has 0 saturated carbocycles. The van der Waals surface area contributed by atoms with Crippen LogP contribution in [0, 0.1) is 5.92 Å². The molecule has 3 atom stereocenters. The summed E-state index contributed by atoms with van der Waals surface area (Å²) >= 11 is 0. The summed E-state index contributed by atoms with van der Waals surface area (Å²) in [6.07, 6.45) is -0.798. The lowest BCUT2D eigenvalue weighted by Crippen LogP contribution is -2.54. The van der Waals surface area contributed by atoms with E-state index in [0.717, 1.165) is 5.56 Å². The Balaban J connectivity index is 1.83. The minimum atomic E-state index is -3.89. The fourth-order valence-corrected chi connectivity index (χ4v) is 5.53. The first-order chi connectivity index (χ1) is 16.7. The van der Waals surface area contributed by atoms with E-state index in [0.29, 0.717) is 12.2 Å². The van der Waals surface area contributed by atoms with Crippen LogP contribution in [0.3, 0.4) is 0 Å². The lowest BCUT2D eigenvalue weighted by atomic mass is 10.0. The van der Waals surface area contributed by atoms with Crippen molar-refractivity contribution >= 4 is 15.9 Å². The van der Waals surface area contributed by atoms with Gasteiger partial charge in [-0.05, 0) is 42.2 Å². The Kier molecular flexibility index (Phi) is 9.64. The maximum absolute atomic E-state index is 13.5. The predicted molar refractivity (Wildman–Crippen MR) is 132 cm³/mol. The molecule has 1 amide bonds. The van der Waals surface area contributed by atoms with Crippen molar-refractivity contribution in [2.75, 3.05) is 33.5 Å². The first kappa shape index (κ1) is 27.1. The Bertz CT molecular complexity index is 1040. The summed E-state index contributed by atoms with van der Waals surface area (Å²) in [5, 5.41) is 17.1. The number of carbonyl (C=O) groups excluding carboxylic acids is 1. The topological polar surface area (TPSA) is 117 Å². The highest BCUT2D eigenvalue weighted by molar-refractivity contribution is 7.89. The maximum Gasteiger partial charge on any atom is 0.243 e. The molecule has 0 bridgehead atoms. The van der Waals surface area contributed by atoms with Crippen LogP contribution >= 0.6 is 0 Å². The highest BCUT2D eigenvalue weighted by atomic mass is 32.2. The van der Waals surface area contributed by atoms with E-state index in [1.165, 1.54) is 23.5 Å². The van der Waals surface area contributed by atoms with Gasteiger partial charge in [-0.25, -0.2) is 8.42 Å². The number of hydrogen-bond donors (Lipinski definition) is 3. The van der Waals surface area contributed by atoms with Crippen LogP contribution in [0.1, 0.15) is 19.4 Å². The summed E-state index contributed by atoms with van der Waals surface area (Å²) in [5.74, 6) is 0.280. The van der Waals surface area contributed by atoms with E-state index in [2.05, 4.69) is 10.6 Å². The van der Waals surface area contributed by atoms with Gasteiger partial charge in [0.2, 0.25) is 15.9 Å². The minimum Gasteiger partial charge on any atom is -0.497 e. The van der Waals surface area contributed by atoms with Crippen LogP contribution in [-0.4, -0.2) is 75.5 Å². The summed E-state index contributed by atoms with van der Waals surface area (Å²) < 4.78 is 38.6. The molecule has 192 valence electrons. The molecule has 3 rings (SSSR count). The van der Waals surface area contributed by atoms with Gasteiger partial charge in [-0.3, -0.25) is 10.1 Å². The molecule has 3 N–H and O–H groups in total. The van der Waals surface area contributed by atoms with Crippen LogP contribution < -0.4 is 15.4 Å². The van der Waals surface area contributed by atoms with Crippen LogP contribution in [-0.2, 0) is 26.0 Å². The van der Waals surface area contributed by atoms with E-state index in [1.807, 2.05) is 44.2 Å². The number of aliphatic hydroxyl groups is 1. The number of amides is 1. The number of nitrogens with zero attached hydrogens (tertiary/aromatic N) is 1. The molecule has 1 aliphatic rings. The van der Waals surface area contributed by atoms with E-state index in [9.17, 15) is 18.3 Å². The molecule has 1 aliphatic heterocycles. The highest BCUT2D eigenvalue weighted by Gasteiger charge is 2.33. The number of ether oxygens (including phenoxy) is 2. The molecule has 0 aliphatic carbocycles. The summed E-state index contributed by atoms with van der Waals surface area (Å²) in [5.41, 5.74) is 0.918. The van der Waals surface area contributed by atoms with Gasteiger partial charge in [0, 0.05) is 13.1 Å². The molecular formula is C25H35N3O6S. The Morgan fingerprint density at radius 2 is 1.86 bits per heavy atom. The number of sulfonamides is 1. The van der Waals surface area contributed by atoms with Gasteiger partial charge in [-0.15, -0.1) is 0 Å². The van der Waals surface area contributed by atoms with Gasteiger partial charge >= 0.3 is 0 Å². The van der Waals surface area contributed by atoms with E-state index in [1.54, 1.807) is 12.1 Å². The van der Waals surface area contributed by atoms with Gasteiger partial charge in [0.25, 0.3) is 0 Å². The lowest BCUT2D eigenvalue weighted by molar-refractivity contribution is -0.124. The van der Waals surface area contributed by atoms with E-state index < -0.39 is 28.2 Å². The first-order valence-corrected chi connectivity index (χ1v) is 13.1. The quantitative estimate of drug-likeness (QED) is 0.399. The third-order valence-corrected chi connectivity index (χ3v) is 7.63. The van der Waals surface area contributed by atoms with Crippen LogP contribution in [0.2, 0.25) is 0 Å². The van der Waals surface area contributed by atoms with Crippen LogP contribution in [0.15, 0.2) is 59.5 Å². The first-order valence-electron chi connectivity index (χ1n) is 11.7. The molecule has 2 aromatic carbocycles. The normalized spacial score (nSPS) is 17.9. The smallest absolute Gasteiger partial charge is 0.243 e. The summed E-state index contributed by atoms with van der Waals surface area (Å²) in [4.78, 5) is 12.9. The summed E-state index contributed by atoms with van der Waals surface area (Å²) in [7, 11) is -2.38. The SMILES string of the molecule is COc1ccc(S(=O)(=O)N(CC(C)C)CC(O)C(Cc2ccccc2)NC(=O)[C@@H]2COCN2)cc1. The summed E-state index contributed by atoms with van der Waals surface area (Å²) in [6, 6.07) is 14.4. The molecule has 1 fully saturated rings. The number of carbonyl (C=O) groups is 1. The van der Waals surface area contributed by atoms with Gasteiger partial charge in [0.1, 0.15) is 11.8 Å². The van der Waals surface area contributed by atoms with Crippen molar-refractivity contribution in [1.29, 1.82) is 0 Å².